The molecule has 3 N–H and O–H groups in total. The molecule has 5 heterocycles. The maximum atomic E-state index is 5.72. The van der Waals surface area contributed by atoms with Crippen molar-refractivity contribution in [1.29, 1.82) is 0 Å². The molecule has 0 aliphatic heterocycles. The first-order chi connectivity index (χ1) is 15.2. The molecule has 0 saturated heterocycles. The first-order valence-corrected chi connectivity index (χ1v) is 9.87. The molecule has 5 rings (SSSR count). The van der Waals surface area contributed by atoms with Crippen LogP contribution in [0.2, 0.25) is 0 Å². The van der Waals surface area contributed by atoms with Crippen LogP contribution in [0.25, 0.3) is 33.8 Å². The Labute approximate surface area is 178 Å². The standard InChI is InChI=1S/C22H20N8O/c1-2-30-13-27-19-21(28-20(29-22(19)30)15-4-6-18(23)25-11-15)26-10-14-3-5-17(24-9-14)16-7-8-31-12-16/h3-9,11-13H,2,10H2,1H3,(H2,23,25)(H,26,28,29). The van der Waals surface area contributed by atoms with Crippen molar-refractivity contribution in [1.82, 2.24) is 29.5 Å². The van der Waals surface area contributed by atoms with Crippen LogP contribution >= 0.6 is 0 Å². The molecule has 9 nitrogen and oxygen atoms in total. The number of nitrogen functional groups attached to an aromatic ring is 1. The van der Waals surface area contributed by atoms with E-state index in [-0.39, 0.29) is 0 Å². The second kappa shape index (κ2) is 7.86. The highest BCUT2D eigenvalue weighted by molar-refractivity contribution is 5.85. The number of anilines is 2. The number of hydrogen-bond donors (Lipinski definition) is 2. The Balaban J connectivity index is 1.45. The van der Waals surface area contributed by atoms with Crippen molar-refractivity contribution in [2.24, 2.45) is 0 Å². The Morgan fingerprint density at radius 3 is 2.65 bits per heavy atom. The third-order valence-corrected chi connectivity index (χ3v) is 4.95. The van der Waals surface area contributed by atoms with Gasteiger partial charge in [0.1, 0.15) is 11.3 Å². The molecular formula is C22H20N8O. The monoisotopic (exact) mass is 412 g/mol. The Morgan fingerprint density at radius 2 is 1.94 bits per heavy atom. The average molecular weight is 412 g/mol. The highest BCUT2D eigenvalue weighted by Crippen LogP contribution is 2.25. The highest BCUT2D eigenvalue weighted by atomic mass is 16.3. The van der Waals surface area contributed by atoms with Crippen LogP contribution in [0.4, 0.5) is 11.6 Å². The zero-order valence-corrected chi connectivity index (χ0v) is 16.9. The lowest BCUT2D eigenvalue weighted by atomic mass is 10.2. The van der Waals surface area contributed by atoms with Gasteiger partial charge in [-0.1, -0.05) is 6.07 Å². The minimum atomic E-state index is 0.452. The third-order valence-electron chi connectivity index (χ3n) is 4.95. The number of aromatic nitrogens is 6. The van der Waals surface area contributed by atoms with Crippen molar-refractivity contribution in [3.05, 3.63) is 67.1 Å². The van der Waals surface area contributed by atoms with Gasteiger partial charge in [-0.15, -0.1) is 0 Å². The minimum absolute atomic E-state index is 0.452. The predicted octanol–water partition coefficient (Wildman–Crippen LogP) is 3.76. The van der Waals surface area contributed by atoms with E-state index in [0.29, 0.717) is 24.0 Å². The number of pyridine rings is 2. The number of furan rings is 1. The van der Waals surface area contributed by atoms with Crippen molar-refractivity contribution < 1.29 is 4.42 Å². The summed E-state index contributed by atoms with van der Waals surface area (Å²) < 4.78 is 7.11. The van der Waals surface area contributed by atoms with Crippen molar-refractivity contribution in [2.45, 2.75) is 20.0 Å². The number of imidazole rings is 1. The molecule has 5 aromatic rings. The van der Waals surface area contributed by atoms with E-state index in [1.165, 1.54) is 0 Å². The fourth-order valence-electron chi connectivity index (χ4n) is 3.26. The van der Waals surface area contributed by atoms with E-state index in [1.807, 2.05) is 42.0 Å². The zero-order chi connectivity index (χ0) is 21.2. The SMILES string of the molecule is CCn1cnc2c(NCc3ccc(-c4ccoc4)nc3)nc(-c3ccc(N)nc3)nc21. The van der Waals surface area contributed by atoms with E-state index < -0.39 is 0 Å². The van der Waals surface area contributed by atoms with Gasteiger partial charge in [0.2, 0.25) is 0 Å². The first-order valence-electron chi connectivity index (χ1n) is 9.87. The lowest BCUT2D eigenvalue weighted by Gasteiger charge is -2.10. The number of rotatable bonds is 6. The van der Waals surface area contributed by atoms with Crippen molar-refractivity contribution in [3.8, 4) is 22.6 Å². The summed E-state index contributed by atoms with van der Waals surface area (Å²) in [7, 11) is 0. The molecule has 0 bridgehead atoms. The van der Waals surface area contributed by atoms with E-state index in [9.17, 15) is 0 Å². The van der Waals surface area contributed by atoms with Gasteiger partial charge in [-0.2, -0.15) is 0 Å². The van der Waals surface area contributed by atoms with Crippen molar-refractivity contribution >= 4 is 22.8 Å². The second-order valence-corrected chi connectivity index (χ2v) is 6.99. The molecule has 0 saturated carbocycles. The Bertz CT molecular complexity index is 1310. The first kappa shape index (κ1) is 18.7. The summed E-state index contributed by atoms with van der Waals surface area (Å²) in [5, 5.41) is 3.39. The number of hydrogen-bond acceptors (Lipinski definition) is 8. The van der Waals surface area contributed by atoms with E-state index in [1.54, 1.807) is 31.1 Å². The molecule has 0 aliphatic carbocycles. The molecule has 0 unspecified atom stereocenters. The molecule has 0 amide bonds. The Hall–Kier alpha value is -4.27. The summed E-state index contributed by atoms with van der Waals surface area (Å²) in [5.41, 5.74) is 10.8. The summed E-state index contributed by atoms with van der Waals surface area (Å²) in [6.45, 7) is 3.35. The lowest BCUT2D eigenvalue weighted by Crippen LogP contribution is -2.06. The van der Waals surface area contributed by atoms with Gasteiger partial charge in [-0.05, 0) is 36.8 Å². The molecule has 154 valence electrons. The number of nitrogens with two attached hydrogens (primary N) is 1. The van der Waals surface area contributed by atoms with Crippen molar-refractivity contribution in [3.63, 3.8) is 0 Å². The van der Waals surface area contributed by atoms with Gasteiger partial charge in [0.15, 0.2) is 17.3 Å². The minimum Gasteiger partial charge on any atom is -0.472 e. The highest BCUT2D eigenvalue weighted by Gasteiger charge is 2.14. The summed E-state index contributed by atoms with van der Waals surface area (Å²) >= 11 is 0. The summed E-state index contributed by atoms with van der Waals surface area (Å²) in [4.78, 5) is 22.6. The number of nitrogens with zero attached hydrogens (tertiary/aromatic N) is 6. The molecule has 0 aromatic carbocycles. The van der Waals surface area contributed by atoms with Crippen LogP contribution in [0.5, 0.6) is 0 Å². The molecule has 0 radical (unpaired) electrons. The maximum Gasteiger partial charge on any atom is 0.166 e. The second-order valence-electron chi connectivity index (χ2n) is 6.99. The van der Waals surface area contributed by atoms with Crippen LogP contribution < -0.4 is 11.1 Å². The van der Waals surface area contributed by atoms with E-state index in [0.717, 1.165) is 40.1 Å². The summed E-state index contributed by atoms with van der Waals surface area (Å²) in [5.74, 6) is 1.67. The van der Waals surface area contributed by atoms with E-state index in [2.05, 4.69) is 20.3 Å². The van der Waals surface area contributed by atoms with Crippen molar-refractivity contribution in [2.75, 3.05) is 11.1 Å². The van der Waals surface area contributed by atoms with Crippen LogP contribution in [0.3, 0.4) is 0 Å². The van der Waals surface area contributed by atoms with Crippen LogP contribution in [-0.2, 0) is 13.1 Å². The van der Waals surface area contributed by atoms with E-state index in [4.69, 9.17) is 20.1 Å². The van der Waals surface area contributed by atoms with Crippen LogP contribution in [0, 0.1) is 0 Å². The van der Waals surface area contributed by atoms with Gasteiger partial charge in [-0.25, -0.2) is 19.9 Å². The fourth-order valence-corrected chi connectivity index (χ4v) is 3.26. The molecule has 0 spiro atoms. The third kappa shape index (κ3) is 3.68. The van der Waals surface area contributed by atoms with Crippen LogP contribution in [0.1, 0.15) is 12.5 Å². The number of aryl methyl sites for hydroxylation is 1. The van der Waals surface area contributed by atoms with Gasteiger partial charge < -0.3 is 20.0 Å². The molecule has 9 heteroatoms. The molecule has 0 aliphatic rings. The topological polar surface area (TPSA) is 121 Å². The predicted molar refractivity (Wildman–Crippen MR) is 118 cm³/mol. The molecular weight excluding hydrogens is 392 g/mol. The van der Waals surface area contributed by atoms with E-state index >= 15 is 0 Å². The normalized spacial score (nSPS) is 11.1. The Morgan fingerprint density at radius 1 is 1.00 bits per heavy atom. The largest absolute Gasteiger partial charge is 0.472 e. The molecule has 0 fully saturated rings. The summed E-state index contributed by atoms with van der Waals surface area (Å²) in [6, 6.07) is 9.47. The quantitative estimate of drug-likeness (QED) is 0.432. The number of fused-ring (bicyclic) bond motifs is 1. The van der Waals surface area contributed by atoms with Gasteiger partial charge in [0.25, 0.3) is 0 Å². The smallest absolute Gasteiger partial charge is 0.166 e. The lowest BCUT2D eigenvalue weighted by molar-refractivity contribution is 0.568. The summed E-state index contributed by atoms with van der Waals surface area (Å²) in [6.07, 6.45) is 8.59. The zero-order valence-electron chi connectivity index (χ0n) is 16.9. The Kier molecular flexibility index (Phi) is 4.75. The van der Waals surface area contributed by atoms with Gasteiger partial charge in [0, 0.05) is 36.6 Å². The number of nitrogens with one attached hydrogen (secondary N) is 1. The fraction of sp³-hybridized carbons (Fsp3) is 0.136. The van der Waals surface area contributed by atoms with Gasteiger partial charge in [0.05, 0.1) is 24.5 Å². The average Bonchev–Trinajstić information content (AvgIpc) is 3.48. The van der Waals surface area contributed by atoms with Gasteiger partial charge in [-0.3, -0.25) is 4.98 Å². The molecule has 31 heavy (non-hydrogen) atoms. The van der Waals surface area contributed by atoms with Crippen LogP contribution in [0.15, 0.2) is 66.0 Å². The van der Waals surface area contributed by atoms with Crippen LogP contribution in [-0.4, -0.2) is 29.5 Å². The maximum absolute atomic E-state index is 5.72. The molecule has 5 aromatic heterocycles. The van der Waals surface area contributed by atoms with Gasteiger partial charge >= 0.3 is 0 Å². The molecule has 0 atom stereocenters.